The second-order valence-electron chi connectivity index (χ2n) is 5.16. The van der Waals surface area contributed by atoms with E-state index in [-0.39, 0.29) is 11.9 Å². The average Bonchev–Trinajstić information content (AvgIpc) is 2.63. The van der Waals surface area contributed by atoms with Gasteiger partial charge in [0.25, 0.3) is 5.91 Å². The van der Waals surface area contributed by atoms with Gasteiger partial charge >= 0.3 is 0 Å². The maximum atomic E-state index is 12.3. The third-order valence-electron chi connectivity index (χ3n) is 3.90. The van der Waals surface area contributed by atoms with E-state index in [1.54, 1.807) is 6.92 Å². The summed E-state index contributed by atoms with van der Waals surface area (Å²) in [6, 6.07) is -0.0414. The molecule has 0 aliphatic heterocycles. The summed E-state index contributed by atoms with van der Waals surface area (Å²) >= 11 is 0. The van der Waals surface area contributed by atoms with E-state index < -0.39 is 0 Å². The molecule has 1 aromatic heterocycles. The number of rotatable bonds is 2. The Bertz CT molecular complexity index is 444. The van der Waals surface area contributed by atoms with Crippen molar-refractivity contribution in [2.24, 2.45) is 0 Å². The van der Waals surface area contributed by atoms with Gasteiger partial charge in [0.05, 0.1) is 11.6 Å². The molecule has 18 heavy (non-hydrogen) atoms. The topological polar surface area (TPSA) is 53.7 Å². The van der Waals surface area contributed by atoms with Crippen LogP contribution in [0.3, 0.4) is 0 Å². The molecular formula is C14H21NO3. The van der Waals surface area contributed by atoms with E-state index in [0.29, 0.717) is 11.3 Å². The molecule has 0 saturated heterocycles. The van der Waals surface area contributed by atoms with Gasteiger partial charge in [-0.2, -0.15) is 0 Å². The molecule has 1 fully saturated rings. The number of hydrogen-bond acceptors (Lipinski definition) is 3. The molecule has 0 radical (unpaired) electrons. The zero-order chi connectivity index (χ0) is 13.3. The first-order chi connectivity index (χ1) is 8.52. The summed E-state index contributed by atoms with van der Waals surface area (Å²) in [6.07, 6.45) is 5.13. The van der Waals surface area contributed by atoms with Gasteiger partial charge in [-0.05, 0) is 33.6 Å². The Labute approximate surface area is 108 Å². The summed E-state index contributed by atoms with van der Waals surface area (Å²) < 4.78 is 5.45. The number of aryl methyl sites for hydroxylation is 2. The molecule has 0 bridgehead atoms. The van der Waals surface area contributed by atoms with Crippen LogP contribution in [-0.2, 0) is 0 Å². The van der Waals surface area contributed by atoms with Gasteiger partial charge in [0.15, 0.2) is 0 Å². The largest absolute Gasteiger partial charge is 0.466 e. The van der Waals surface area contributed by atoms with E-state index in [9.17, 15) is 10.0 Å². The Morgan fingerprint density at radius 2 is 1.78 bits per heavy atom. The third kappa shape index (κ3) is 2.29. The van der Waals surface area contributed by atoms with E-state index >= 15 is 0 Å². The molecule has 1 saturated carbocycles. The molecule has 2 rings (SSSR count). The van der Waals surface area contributed by atoms with Gasteiger partial charge in [-0.25, -0.2) is 5.06 Å². The number of hydrogen-bond donors (Lipinski definition) is 1. The summed E-state index contributed by atoms with van der Waals surface area (Å²) in [4.78, 5) is 12.3. The van der Waals surface area contributed by atoms with Crippen LogP contribution in [0.2, 0.25) is 0 Å². The van der Waals surface area contributed by atoms with E-state index in [0.717, 1.165) is 42.1 Å². The molecule has 1 N–H and O–H groups in total. The fraction of sp³-hybridized carbons (Fsp3) is 0.643. The zero-order valence-electron chi connectivity index (χ0n) is 11.3. The van der Waals surface area contributed by atoms with Crippen molar-refractivity contribution in [1.82, 2.24) is 5.06 Å². The quantitative estimate of drug-likeness (QED) is 0.647. The first-order valence-corrected chi connectivity index (χ1v) is 6.61. The van der Waals surface area contributed by atoms with Crippen molar-refractivity contribution in [3.8, 4) is 0 Å². The number of amides is 1. The van der Waals surface area contributed by atoms with Crippen molar-refractivity contribution in [3.05, 3.63) is 22.6 Å². The van der Waals surface area contributed by atoms with Gasteiger partial charge in [-0.15, -0.1) is 0 Å². The van der Waals surface area contributed by atoms with E-state index in [2.05, 4.69) is 0 Å². The third-order valence-corrected chi connectivity index (χ3v) is 3.90. The van der Waals surface area contributed by atoms with E-state index in [4.69, 9.17) is 4.42 Å². The highest BCUT2D eigenvalue weighted by molar-refractivity contribution is 5.96. The Morgan fingerprint density at radius 3 is 2.28 bits per heavy atom. The minimum Gasteiger partial charge on any atom is -0.466 e. The Balaban J connectivity index is 2.19. The highest BCUT2D eigenvalue weighted by Crippen LogP contribution is 2.26. The van der Waals surface area contributed by atoms with Crippen LogP contribution < -0.4 is 0 Å². The maximum Gasteiger partial charge on any atom is 0.281 e. The number of carbonyl (C=O) groups excluding carboxylic acids is 1. The summed E-state index contributed by atoms with van der Waals surface area (Å²) in [6.45, 7) is 5.46. The molecule has 0 unspecified atom stereocenters. The number of nitrogens with zero attached hydrogens (tertiary/aromatic N) is 1. The number of furan rings is 1. The molecule has 1 aromatic rings. The molecule has 1 aliphatic rings. The van der Waals surface area contributed by atoms with Crippen LogP contribution in [0.1, 0.15) is 59.5 Å². The fourth-order valence-electron chi connectivity index (χ4n) is 2.71. The first kappa shape index (κ1) is 13.1. The van der Waals surface area contributed by atoms with Crippen LogP contribution in [0.5, 0.6) is 0 Å². The maximum absolute atomic E-state index is 12.3. The minimum atomic E-state index is -0.325. The lowest BCUT2D eigenvalue weighted by molar-refractivity contribution is -0.0965. The lowest BCUT2D eigenvalue weighted by Gasteiger charge is -2.29. The number of carbonyl (C=O) groups is 1. The lowest BCUT2D eigenvalue weighted by atomic mass is 9.95. The van der Waals surface area contributed by atoms with Gasteiger partial charge in [0.1, 0.15) is 11.5 Å². The van der Waals surface area contributed by atoms with Crippen molar-refractivity contribution in [1.29, 1.82) is 0 Å². The highest BCUT2D eigenvalue weighted by atomic mass is 16.5. The minimum absolute atomic E-state index is 0.0414. The molecule has 1 aliphatic carbocycles. The van der Waals surface area contributed by atoms with Gasteiger partial charge in [-0.1, -0.05) is 19.3 Å². The molecule has 4 nitrogen and oxygen atoms in total. The summed E-state index contributed by atoms with van der Waals surface area (Å²) in [5.41, 5.74) is 1.34. The molecular weight excluding hydrogens is 230 g/mol. The van der Waals surface area contributed by atoms with Crippen molar-refractivity contribution in [3.63, 3.8) is 0 Å². The molecule has 100 valence electrons. The van der Waals surface area contributed by atoms with Crippen LogP contribution in [-0.4, -0.2) is 22.2 Å². The standard InChI is InChI=1S/C14H21NO3/c1-9-10(2)18-11(3)13(9)14(16)15(17)12-7-5-4-6-8-12/h12,17H,4-8H2,1-3H3. The summed E-state index contributed by atoms with van der Waals surface area (Å²) in [7, 11) is 0. The van der Waals surface area contributed by atoms with E-state index in [1.165, 1.54) is 6.42 Å². The van der Waals surface area contributed by atoms with E-state index in [1.807, 2.05) is 13.8 Å². The predicted octanol–water partition coefficient (Wildman–Crippen LogP) is 3.37. The zero-order valence-corrected chi connectivity index (χ0v) is 11.3. The lowest BCUT2D eigenvalue weighted by Crippen LogP contribution is -2.39. The van der Waals surface area contributed by atoms with Crippen molar-refractivity contribution >= 4 is 5.91 Å². The van der Waals surface area contributed by atoms with Crippen molar-refractivity contribution < 1.29 is 14.4 Å². The van der Waals surface area contributed by atoms with Crippen LogP contribution in [0, 0.1) is 20.8 Å². The SMILES string of the molecule is Cc1oc(C)c(C(=O)N(O)C2CCCCC2)c1C. The molecule has 0 spiro atoms. The van der Waals surface area contributed by atoms with Crippen LogP contribution >= 0.6 is 0 Å². The van der Waals surface area contributed by atoms with Gasteiger partial charge in [0, 0.05) is 5.56 Å². The molecule has 1 heterocycles. The normalized spacial score (nSPS) is 16.9. The summed E-state index contributed by atoms with van der Waals surface area (Å²) in [5.74, 6) is 1.01. The molecule has 1 amide bonds. The van der Waals surface area contributed by atoms with Gasteiger partial charge in [-0.3, -0.25) is 10.0 Å². The van der Waals surface area contributed by atoms with Crippen molar-refractivity contribution in [2.45, 2.75) is 58.9 Å². The highest BCUT2D eigenvalue weighted by Gasteiger charge is 2.29. The molecule has 0 atom stereocenters. The average molecular weight is 251 g/mol. The monoisotopic (exact) mass is 251 g/mol. The second-order valence-corrected chi connectivity index (χ2v) is 5.16. The fourth-order valence-corrected chi connectivity index (χ4v) is 2.71. The van der Waals surface area contributed by atoms with Crippen molar-refractivity contribution in [2.75, 3.05) is 0 Å². The van der Waals surface area contributed by atoms with Gasteiger partial charge < -0.3 is 4.42 Å². The number of hydroxylamine groups is 2. The van der Waals surface area contributed by atoms with Crippen LogP contribution in [0.15, 0.2) is 4.42 Å². The Hall–Kier alpha value is -1.29. The smallest absolute Gasteiger partial charge is 0.281 e. The molecule has 4 heteroatoms. The first-order valence-electron chi connectivity index (χ1n) is 6.61. The Kier molecular flexibility index (Phi) is 3.76. The van der Waals surface area contributed by atoms with Crippen LogP contribution in [0.25, 0.3) is 0 Å². The predicted molar refractivity (Wildman–Crippen MR) is 67.7 cm³/mol. The van der Waals surface area contributed by atoms with Gasteiger partial charge in [0.2, 0.25) is 0 Å². The second kappa shape index (κ2) is 5.14. The van der Waals surface area contributed by atoms with Crippen LogP contribution in [0.4, 0.5) is 0 Å². The molecule has 0 aromatic carbocycles. The Morgan fingerprint density at radius 1 is 1.17 bits per heavy atom. The summed E-state index contributed by atoms with van der Waals surface area (Å²) in [5, 5.41) is 11.0.